The van der Waals surface area contributed by atoms with Crippen molar-refractivity contribution in [2.75, 3.05) is 0 Å². The minimum atomic E-state index is -3.99. The number of carbonyl (C=O) groups excluding carboxylic acids is 1. The third kappa shape index (κ3) is 2.26. The molecule has 0 aliphatic heterocycles. The molecule has 1 unspecified atom stereocenters. The van der Waals surface area contributed by atoms with Gasteiger partial charge < -0.3 is 5.11 Å². The lowest BCUT2D eigenvalue weighted by molar-refractivity contribution is -0.104. The van der Waals surface area contributed by atoms with Gasteiger partial charge in [-0.25, -0.2) is 22.2 Å². The first kappa shape index (κ1) is 16.1. The van der Waals surface area contributed by atoms with E-state index < -0.39 is 20.7 Å². The van der Waals surface area contributed by atoms with E-state index in [0.29, 0.717) is 11.9 Å². The fraction of sp³-hybridized carbons (Fsp3) is 0.188. The molecule has 0 amide bonds. The van der Waals surface area contributed by atoms with Gasteiger partial charge in [-0.3, -0.25) is 4.79 Å². The molecule has 0 aromatic carbocycles. The highest BCUT2D eigenvalue weighted by molar-refractivity contribution is 7.91. The molecule has 0 saturated carbocycles. The summed E-state index contributed by atoms with van der Waals surface area (Å²) in [4.78, 5) is 26.2. The summed E-state index contributed by atoms with van der Waals surface area (Å²) in [7, 11) is -3.99. The number of hydrogen-bond donors (Lipinski definition) is 1. The molecule has 0 saturated heterocycles. The molecule has 7 nitrogen and oxygen atoms in total. The van der Waals surface area contributed by atoms with Gasteiger partial charge in [-0.05, 0) is 25.5 Å². The Balaban J connectivity index is 2.20. The number of carbonyl (C=O) groups is 2. The molecular formula is C16H14N2O5S. The van der Waals surface area contributed by atoms with Crippen molar-refractivity contribution < 1.29 is 23.1 Å². The van der Waals surface area contributed by atoms with Gasteiger partial charge in [0.05, 0.1) is 5.56 Å². The molecule has 1 atom stereocenters. The highest BCUT2D eigenvalue weighted by Gasteiger charge is 2.40. The molecule has 2 heterocycles. The zero-order valence-electron chi connectivity index (χ0n) is 12.7. The second-order valence-corrected chi connectivity index (χ2v) is 7.97. The van der Waals surface area contributed by atoms with Crippen LogP contribution in [0, 0.1) is 0 Å². The highest BCUT2D eigenvalue weighted by atomic mass is 32.2. The molecule has 1 aliphatic rings. The predicted molar refractivity (Wildman–Crippen MR) is 87.3 cm³/mol. The second-order valence-electron chi connectivity index (χ2n) is 5.70. The van der Waals surface area contributed by atoms with Crippen molar-refractivity contribution in [3.05, 3.63) is 53.9 Å². The van der Waals surface area contributed by atoms with Crippen LogP contribution in [-0.4, -0.2) is 39.5 Å². The number of aromatic carboxylic acids is 1. The van der Waals surface area contributed by atoms with E-state index in [9.17, 15) is 23.1 Å². The number of aromatic nitrogens is 2. The van der Waals surface area contributed by atoms with Gasteiger partial charge in [0, 0.05) is 23.4 Å². The number of aldehydes is 1. The number of pyridine rings is 1. The molecular weight excluding hydrogens is 332 g/mol. The molecule has 2 aromatic rings. The summed E-state index contributed by atoms with van der Waals surface area (Å²) in [5.41, 5.74) is 0.341. The summed E-state index contributed by atoms with van der Waals surface area (Å²) in [6.45, 7) is 1.52. The van der Waals surface area contributed by atoms with Crippen molar-refractivity contribution in [3.8, 4) is 0 Å². The zero-order valence-corrected chi connectivity index (χ0v) is 13.5. The van der Waals surface area contributed by atoms with Gasteiger partial charge in [-0.15, -0.1) is 0 Å². The fourth-order valence-corrected chi connectivity index (χ4v) is 4.22. The van der Waals surface area contributed by atoms with Crippen LogP contribution >= 0.6 is 0 Å². The minimum absolute atomic E-state index is 0.0645. The molecule has 124 valence electrons. The number of allylic oxidation sites excluding steroid dienone is 3. The molecule has 2 aromatic heterocycles. The summed E-state index contributed by atoms with van der Waals surface area (Å²) in [5, 5.41) is 9.56. The lowest BCUT2D eigenvalue weighted by Gasteiger charge is -2.27. The van der Waals surface area contributed by atoms with Gasteiger partial charge in [0.25, 0.3) is 0 Å². The summed E-state index contributed by atoms with van der Waals surface area (Å²) < 4.78 is 25.8. The first-order valence-electron chi connectivity index (χ1n) is 7.09. The largest absolute Gasteiger partial charge is 0.478 e. The maximum atomic E-state index is 13.1. The predicted octanol–water partition coefficient (Wildman–Crippen LogP) is 1.76. The Morgan fingerprint density at radius 3 is 2.79 bits per heavy atom. The number of hydrogen-bond acceptors (Lipinski definition) is 5. The summed E-state index contributed by atoms with van der Waals surface area (Å²) in [6.07, 6.45) is 7.68. The van der Waals surface area contributed by atoms with Crippen LogP contribution in [0.4, 0.5) is 0 Å². The van der Waals surface area contributed by atoms with Gasteiger partial charge in [0.1, 0.15) is 11.0 Å². The average molecular weight is 346 g/mol. The van der Waals surface area contributed by atoms with Crippen molar-refractivity contribution in [2.45, 2.75) is 18.1 Å². The number of rotatable bonds is 4. The molecule has 8 heteroatoms. The van der Waals surface area contributed by atoms with E-state index in [1.165, 1.54) is 31.3 Å². The lowest BCUT2D eigenvalue weighted by Crippen LogP contribution is -2.38. The summed E-state index contributed by atoms with van der Waals surface area (Å²) in [5.74, 6) is -1.23. The van der Waals surface area contributed by atoms with Crippen LogP contribution in [0.3, 0.4) is 0 Å². The van der Waals surface area contributed by atoms with Crippen molar-refractivity contribution in [3.63, 3.8) is 0 Å². The summed E-state index contributed by atoms with van der Waals surface area (Å²) in [6, 6.07) is 3.06. The van der Waals surface area contributed by atoms with Gasteiger partial charge in [-0.1, -0.05) is 18.2 Å². The molecule has 1 N–H and O–H groups in total. The Bertz CT molecular complexity index is 1020. The van der Waals surface area contributed by atoms with E-state index in [1.54, 1.807) is 12.1 Å². The van der Waals surface area contributed by atoms with Crippen LogP contribution in [0.1, 0.15) is 23.7 Å². The Morgan fingerprint density at radius 2 is 2.21 bits per heavy atom. The van der Waals surface area contributed by atoms with Crippen LogP contribution in [0.2, 0.25) is 0 Å². The smallest absolute Gasteiger partial charge is 0.337 e. The molecule has 3 rings (SSSR count). The van der Waals surface area contributed by atoms with E-state index in [1.807, 2.05) is 0 Å². The van der Waals surface area contributed by atoms with Crippen LogP contribution in [0.25, 0.3) is 11.0 Å². The molecule has 24 heavy (non-hydrogen) atoms. The Labute approximate surface area is 138 Å². The lowest BCUT2D eigenvalue weighted by atomic mass is 9.98. The van der Waals surface area contributed by atoms with Crippen molar-refractivity contribution >= 4 is 33.3 Å². The standard InChI is InChI=1S/C16H14N2O5S/c1-16(6-4-11(10-19)5-7-16)24(22,23)18-9-13(15(20)21)12-3-2-8-17-14(12)18/h2-6,8-10H,7H2,1H3,(H,20,21). The maximum absolute atomic E-state index is 13.1. The number of carboxylic acids is 1. The van der Waals surface area contributed by atoms with Crippen molar-refractivity contribution in [1.82, 2.24) is 8.96 Å². The number of nitrogens with zero attached hydrogens (tertiary/aromatic N) is 2. The van der Waals surface area contributed by atoms with Crippen LogP contribution in [-0.2, 0) is 14.8 Å². The van der Waals surface area contributed by atoms with E-state index in [0.717, 1.165) is 10.2 Å². The van der Waals surface area contributed by atoms with Crippen molar-refractivity contribution in [1.29, 1.82) is 0 Å². The van der Waals surface area contributed by atoms with Crippen LogP contribution in [0.15, 0.2) is 48.3 Å². The Kier molecular flexibility index (Phi) is 3.64. The normalized spacial score (nSPS) is 20.8. The Morgan fingerprint density at radius 1 is 1.46 bits per heavy atom. The molecule has 0 bridgehead atoms. The summed E-state index contributed by atoms with van der Waals surface area (Å²) >= 11 is 0. The van der Waals surface area contributed by atoms with Gasteiger partial charge in [0.15, 0.2) is 5.65 Å². The fourth-order valence-electron chi connectivity index (χ4n) is 2.62. The third-order valence-corrected chi connectivity index (χ3v) is 6.40. The van der Waals surface area contributed by atoms with E-state index >= 15 is 0 Å². The van der Waals surface area contributed by atoms with E-state index in [-0.39, 0.29) is 23.0 Å². The third-order valence-electron chi connectivity index (χ3n) is 4.12. The van der Waals surface area contributed by atoms with E-state index in [2.05, 4.69) is 4.98 Å². The topological polar surface area (TPSA) is 106 Å². The maximum Gasteiger partial charge on any atom is 0.337 e. The van der Waals surface area contributed by atoms with Crippen molar-refractivity contribution in [2.24, 2.45) is 0 Å². The molecule has 0 spiro atoms. The van der Waals surface area contributed by atoms with E-state index in [4.69, 9.17) is 0 Å². The Hall–Kier alpha value is -2.74. The van der Waals surface area contributed by atoms with Gasteiger partial charge in [-0.2, -0.15) is 0 Å². The van der Waals surface area contributed by atoms with Gasteiger partial charge in [0.2, 0.25) is 10.0 Å². The molecule has 1 aliphatic carbocycles. The first-order valence-corrected chi connectivity index (χ1v) is 8.53. The minimum Gasteiger partial charge on any atom is -0.478 e. The number of fused-ring (bicyclic) bond motifs is 1. The number of carboxylic acid groups (broad SMARTS) is 1. The van der Waals surface area contributed by atoms with Crippen LogP contribution in [0.5, 0.6) is 0 Å². The van der Waals surface area contributed by atoms with Gasteiger partial charge >= 0.3 is 5.97 Å². The highest BCUT2D eigenvalue weighted by Crippen LogP contribution is 2.33. The SMILES string of the molecule is CC1(S(=O)(=O)n2cc(C(=O)O)c3cccnc32)C=CC(C=O)=CC1. The first-order chi connectivity index (χ1) is 11.3. The zero-order chi connectivity index (χ0) is 17.5. The quantitative estimate of drug-likeness (QED) is 0.846. The monoisotopic (exact) mass is 346 g/mol. The molecule has 0 fully saturated rings. The molecule has 0 radical (unpaired) electrons. The van der Waals surface area contributed by atoms with Crippen LogP contribution < -0.4 is 0 Å². The second kappa shape index (κ2) is 5.41. The average Bonchev–Trinajstić information content (AvgIpc) is 2.96.